The van der Waals surface area contributed by atoms with Gasteiger partial charge in [0.05, 0.1) is 0 Å². The lowest BCUT2D eigenvalue weighted by Crippen LogP contribution is -2.56. The van der Waals surface area contributed by atoms with Gasteiger partial charge in [-0.2, -0.15) is 0 Å². The third-order valence-corrected chi connectivity index (χ3v) is 4.55. The molecule has 0 spiro atoms. The van der Waals surface area contributed by atoms with E-state index >= 15 is 0 Å². The normalized spacial score (nSPS) is 23.2. The smallest absolute Gasteiger partial charge is 0.0306 e. The molecule has 0 radical (unpaired) electrons. The minimum atomic E-state index is 0.174. The number of hydrogen-bond donors (Lipinski definition) is 1. The SMILES string of the molecule is CC(N(C)C(C)(CN)CC1CC1)C(C)(C)C. The molecule has 0 aromatic rings. The molecule has 1 aliphatic rings. The van der Waals surface area contributed by atoms with Crippen LogP contribution in [0, 0.1) is 11.3 Å². The van der Waals surface area contributed by atoms with Crippen LogP contribution in [0.25, 0.3) is 0 Å². The van der Waals surface area contributed by atoms with Crippen molar-refractivity contribution in [1.29, 1.82) is 0 Å². The average Bonchev–Trinajstić information content (AvgIpc) is 2.97. The summed E-state index contributed by atoms with van der Waals surface area (Å²) in [5.41, 5.74) is 6.51. The van der Waals surface area contributed by atoms with Gasteiger partial charge in [-0.1, -0.05) is 33.6 Å². The monoisotopic (exact) mass is 226 g/mol. The lowest BCUT2D eigenvalue weighted by atomic mass is 9.82. The van der Waals surface area contributed by atoms with Gasteiger partial charge in [-0.05, 0) is 38.6 Å². The van der Waals surface area contributed by atoms with Crippen molar-refractivity contribution in [3.05, 3.63) is 0 Å². The summed E-state index contributed by atoms with van der Waals surface area (Å²) < 4.78 is 0. The molecule has 1 saturated carbocycles. The highest BCUT2D eigenvalue weighted by atomic mass is 15.2. The van der Waals surface area contributed by atoms with Crippen LogP contribution >= 0.6 is 0 Å². The third kappa shape index (κ3) is 3.21. The van der Waals surface area contributed by atoms with Crippen molar-refractivity contribution < 1.29 is 0 Å². The average molecular weight is 226 g/mol. The highest BCUT2D eigenvalue weighted by molar-refractivity contribution is 4.95. The lowest BCUT2D eigenvalue weighted by molar-refractivity contribution is 0.0337. The fraction of sp³-hybridized carbons (Fsp3) is 1.00. The zero-order chi connectivity index (χ0) is 12.6. The van der Waals surface area contributed by atoms with E-state index < -0.39 is 0 Å². The van der Waals surface area contributed by atoms with Gasteiger partial charge in [0.15, 0.2) is 0 Å². The first-order valence-corrected chi connectivity index (χ1v) is 6.64. The zero-order valence-corrected chi connectivity index (χ0v) is 12.0. The third-order valence-electron chi connectivity index (χ3n) is 4.55. The summed E-state index contributed by atoms with van der Waals surface area (Å²) in [6.07, 6.45) is 4.08. The van der Waals surface area contributed by atoms with Gasteiger partial charge in [0.1, 0.15) is 0 Å². The van der Waals surface area contributed by atoms with E-state index in [2.05, 4.69) is 46.6 Å². The van der Waals surface area contributed by atoms with Crippen molar-refractivity contribution in [2.45, 2.75) is 65.5 Å². The van der Waals surface area contributed by atoms with Crippen LogP contribution in [0.1, 0.15) is 53.9 Å². The lowest BCUT2D eigenvalue weighted by Gasteiger charge is -2.46. The molecule has 1 aliphatic carbocycles. The summed E-state index contributed by atoms with van der Waals surface area (Å²) in [7, 11) is 2.24. The molecule has 0 amide bonds. The van der Waals surface area contributed by atoms with Crippen LogP contribution in [-0.2, 0) is 0 Å². The first-order chi connectivity index (χ1) is 7.20. The Bertz CT molecular complexity index is 227. The molecular formula is C14H30N2. The van der Waals surface area contributed by atoms with Crippen molar-refractivity contribution in [3.8, 4) is 0 Å². The second-order valence-corrected chi connectivity index (χ2v) is 7.00. The molecule has 1 fully saturated rings. The molecule has 2 nitrogen and oxygen atoms in total. The Morgan fingerprint density at radius 3 is 2.06 bits per heavy atom. The molecule has 16 heavy (non-hydrogen) atoms. The molecule has 0 saturated heterocycles. The molecule has 2 heteroatoms. The zero-order valence-electron chi connectivity index (χ0n) is 12.0. The summed E-state index contributed by atoms with van der Waals surface area (Å²) in [5.74, 6) is 0.933. The Hall–Kier alpha value is -0.0800. The summed E-state index contributed by atoms with van der Waals surface area (Å²) in [6.45, 7) is 12.3. The van der Waals surface area contributed by atoms with Crippen LogP contribution in [0.2, 0.25) is 0 Å². The van der Waals surface area contributed by atoms with Crippen molar-refractivity contribution in [3.63, 3.8) is 0 Å². The van der Waals surface area contributed by atoms with Gasteiger partial charge in [0, 0.05) is 18.1 Å². The van der Waals surface area contributed by atoms with Gasteiger partial charge in [-0.15, -0.1) is 0 Å². The maximum absolute atomic E-state index is 6.02. The summed E-state index contributed by atoms with van der Waals surface area (Å²) in [6, 6.07) is 0.555. The predicted octanol–water partition coefficient (Wildman–Crippen LogP) is 2.87. The van der Waals surface area contributed by atoms with Crippen molar-refractivity contribution in [2.24, 2.45) is 17.1 Å². The molecule has 0 bridgehead atoms. The Balaban J connectivity index is 2.69. The van der Waals surface area contributed by atoms with E-state index in [-0.39, 0.29) is 5.54 Å². The van der Waals surface area contributed by atoms with E-state index in [1.54, 1.807) is 0 Å². The van der Waals surface area contributed by atoms with Gasteiger partial charge in [-0.3, -0.25) is 4.90 Å². The largest absolute Gasteiger partial charge is 0.329 e. The van der Waals surface area contributed by atoms with Crippen LogP contribution in [0.15, 0.2) is 0 Å². The number of rotatable bonds is 5. The van der Waals surface area contributed by atoms with Crippen LogP contribution in [0.5, 0.6) is 0 Å². The Labute approximate surface area is 102 Å². The van der Waals surface area contributed by atoms with E-state index in [4.69, 9.17) is 5.73 Å². The molecular weight excluding hydrogens is 196 g/mol. The van der Waals surface area contributed by atoms with Gasteiger partial charge in [0.2, 0.25) is 0 Å². The van der Waals surface area contributed by atoms with Crippen LogP contribution in [-0.4, -0.2) is 30.1 Å². The van der Waals surface area contributed by atoms with E-state index in [0.29, 0.717) is 11.5 Å². The molecule has 1 rings (SSSR count). The quantitative estimate of drug-likeness (QED) is 0.781. The molecule has 2 atom stereocenters. The Morgan fingerprint density at radius 2 is 1.75 bits per heavy atom. The van der Waals surface area contributed by atoms with Crippen LogP contribution in [0.3, 0.4) is 0 Å². The maximum atomic E-state index is 6.02. The van der Waals surface area contributed by atoms with E-state index in [1.165, 1.54) is 19.3 Å². The first kappa shape index (κ1) is 14.0. The molecule has 0 aliphatic heterocycles. The molecule has 2 unspecified atom stereocenters. The fourth-order valence-electron chi connectivity index (χ4n) is 2.36. The standard InChI is InChI=1S/C14H30N2/c1-11(13(2,3)4)16(6)14(5,10-15)9-12-7-8-12/h11-12H,7-10,15H2,1-6H3. The first-order valence-electron chi connectivity index (χ1n) is 6.64. The van der Waals surface area contributed by atoms with Gasteiger partial charge in [0.25, 0.3) is 0 Å². The molecule has 0 heterocycles. The van der Waals surface area contributed by atoms with Crippen molar-refractivity contribution in [2.75, 3.05) is 13.6 Å². The second kappa shape index (κ2) is 4.66. The topological polar surface area (TPSA) is 29.3 Å². The highest BCUT2D eigenvalue weighted by Gasteiger charge is 2.39. The van der Waals surface area contributed by atoms with Crippen LogP contribution in [0.4, 0.5) is 0 Å². The summed E-state index contributed by atoms with van der Waals surface area (Å²) in [4.78, 5) is 2.51. The van der Waals surface area contributed by atoms with E-state index in [1.807, 2.05) is 0 Å². The number of nitrogens with two attached hydrogens (primary N) is 1. The van der Waals surface area contributed by atoms with Crippen LogP contribution < -0.4 is 5.73 Å². The number of nitrogens with zero attached hydrogens (tertiary/aromatic N) is 1. The molecule has 96 valence electrons. The fourth-order valence-corrected chi connectivity index (χ4v) is 2.36. The van der Waals surface area contributed by atoms with Crippen molar-refractivity contribution in [1.82, 2.24) is 4.90 Å². The second-order valence-electron chi connectivity index (χ2n) is 7.00. The summed E-state index contributed by atoms with van der Waals surface area (Å²) >= 11 is 0. The van der Waals surface area contributed by atoms with Gasteiger partial charge in [-0.25, -0.2) is 0 Å². The number of hydrogen-bond acceptors (Lipinski definition) is 2. The van der Waals surface area contributed by atoms with Gasteiger partial charge < -0.3 is 5.73 Å². The van der Waals surface area contributed by atoms with Gasteiger partial charge >= 0.3 is 0 Å². The molecule has 0 aromatic heterocycles. The predicted molar refractivity (Wildman–Crippen MR) is 71.5 cm³/mol. The minimum Gasteiger partial charge on any atom is -0.329 e. The highest BCUT2D eigenvalue weighted by Crippen LogP contribution is 2.40. The molecule has 2 N–H and O–H groups in total. The maximum Gasteiger partial charge on any atom is 0.0306 e. The Kier molecular flexibility index (Phi) is 4.07. The van der Waals surface area contributed by atoms with E-state index in [9.17, 15) is 0 Å². The summed E-state index contributed by atoms with van der Waals surface area (Å²) in [5, 5.41) is 0. The number of likely N-dealkylation sites (N-methyl/N-ethyl adjacent to an activating group) is 1. The Morgan fingerprint density at radius 1 is 1.25 bits per heavy atom. The molecule has 0 aromatic carbocycles. The van der Waals surface area contributed by atoms with E-state index in [0.717, 1.165) is 12.5 Å². The van der Waals surface area contributed by atoms with Crippen molar-refractivity contribution >= 4 is 0 Å². The minimum absolute atomic E-state index is 0.174.